The van der Waals surface area contributed by atoms with E-state index in [0.717, 1.165) is 24.2 Å². The summed E-state index contributed by atoms with van der Waals surface area (Å²) in [6.07, 6.45) is 18.2. The highest BCUT2D eigenvalue weighted by Crippen LogP contribution is 2.22. The van der Waals surface area contributed by atoms with Crippen LogP contribution < -0.4 is 0 Å². The van der Waals surface area contributed by atoms with Gasteiger partial charge in [0.1, 0.15) is 0 Å². The molecule has 0 saturated heterocycles. The van der Waals surface area contributed by atoms with Gasteiger partial charge in [-0.3, -0.25) is 4.79 Å². The van der Waals surface area contributed by atoms with E-state index in [1.807, 2.05) is 6.29 Å². The highest BCUT2D eigenvalue weighted by Gasteiger charge is 2.07. The number of rotatable bonds is 16. The maximum Gasteiger partial charge on any atom is 0.198 e. The molecular formula is C24H45O. The zero-order valence-corrected chi connectivity index (χ0v) is 18.1. The Bertz CT molecular complexity index is 342. The number of carbonyl (C=O) groups excluding carboxylic acids is 1. The molecule has 0 rings (SSSR count). The predicted octanol–water partition coefficient (Wildman–Crippen LogP) is 7.90. The maximum atomic E-state index is 10.4. The largest absolute Gasteiger partial charge is 0.291 e. The summed E-state index contributed by atoms with van der Waals surface area (Å²) in [6, 6.07) is 0. The average molecular weight is 350 g/mol. The Labute approximate surface area is 159 Å². The van der Waals surface area contributed by atoms with Crippen LogP contribution in [-0.4, -0.2) is 6.29 Å². The van der Waals surface area contributed by atoms with Gasteiger partial charge >= 0.3 is 0 Å². The summed E-state index contributed by atoms with van der Waals surface area (Å²) in [5.74, 6) is 3.06. The molecule has 147 valence electrons. The van der Waals surface area contributed by atoms with Crippen molar-refractivity contribution in [3.63, 3.8) is 0 Å². The highest BCUT2D eigenvalue weighted by atomic mass is 16.1. The van der Waals surface area contributed by atoms with Gasteiger partial charge in [0.15, 0.2) is 6.29 Å². The SMILES string of the molecule is CC(=CCC(C)C[C]=O)CCCC(C)CCCC(C)CCCC(C)C. The van der Waals surface area contributed by atoms with Crippen molar-refractivity contribution in [2.75, 3.05) is 0 Å². The number of hydrogen-bond acceptors (Lipinski definition) is 1. The number of hydrogen-bond donors (Lipinski definition) is 0. The summed E-state index contributed by atoms with van der Waals surface area (Å²) in [7, 11) is 0. The first-order chi connectivity index (χ1) is 11.8. The van der Waals surface area contributed by atoms with Crippen LogP contribution in [0.15, 0.2) is 11.6 Å². The van der Waals surface area contributed by atoms with E-state index in [0.29, 0.717) is 12.3 Å². The van der Waals surface area contributed by atoms with E-state index in [-0.39, 0.29) is 0 Å². The Morgan fingerprint density at radius 3 is 1.84 bits per heavy atom. The molecule has 0 aromatic carbocycles. The van der Waals surface area contributed by atoms with Crippen LogP contribution in [0.5, 0.6) is 0 Å². The lowest BCUT2D eigenvalue weighted by molar-refractivity contribution is 0.389. The van der Waals surface area contributed by atoms with Gasteiger partial charge in [0.25, 0.3) is 0 Å². The molecule has 0 N–H and O–H groups in total. The Morgan fingerprint density at radius 1 is 0.800 bits per heavy atom. The monoisotopic (exact) mass is 349 g/mol. The third-order valence-corrected chi connectivity index (χ3v) is 5.44. The molecule has 0 bridgehead atoms. The second-order valence-corrected chi connectivity index (χ2v) is 9.10. The van der Waals surface area contributed by atoms with Gasteiger partial charge in [0.05, 0.1) is 0 Å². The van der Waals surface area contributed by atoms with E-state index >= 15 is 0 Å². The fourth-order valence-electron chi connectivity index (χ4n) is 3.44. The summed E-state index contributed by atoms with van der Waals surface area (Å²) in [5.41, 5.74) is 1.49. The van der Waals surface area contributed by atoms with E-state index in [1.165, 1.54) is 63.4 Å². The third kappa shape index (κ3) is 16.6. The van der Waals surface area contributed by atoms with E-state index in [2.05, 4.69) is 47.6 Å². The standard InChI is InChI=1S/C24H45O/c1-20(2)10-7-11-21(3)12-8-13-22(4)14-9-15-23(5)16-17-24(6)18-19-25/h16,20-22,24H,7-15,17-18H2,1-6H3. The van der Waals surface area contributed by atoms with Gasteiger partial charge in [-0.25, -0.2) is 0 Å². The summed E-state index contributed by atoms with van der Waals surface area (Å²) >= 11 is 0. The van der Waals surface area contributed by atoms with Crippen LogP contribution in [0.25, 0.3) is 0 Å². The Morgan fingerprint density at radius 2 is 1.32 bits per heavy atom. The fourth-order valence-corrected chi connectivity index (χ4v) is 3.44. The van der Waals surface area contributed by atoms with Crippen LogP contribution in [0.4, 0.5) is 0 Å². The van der Waals surface area contributed by atoms with Crippen LogP contribution in [0.3, 0.4) is 0 Å². The van der Waals surface area contributed by atoms with Crippen molar-refractivity contribution in [2.24, 2.45) is 23.7 Å². The van der Waals surface area contributed by atoms with Gasteiger partial charge in [-0.1, -0.05) is 91.2 Å². The Hall–Kier alpha value is -0.590. The molecule has 1 heteroatoms. The summed E-state index contributed by atoms with van der Waals surface area (Å²) in [5, 5.41) is 0. The van der Waals surface area contributed by atoms with Crippen molar-refractivity contribution in [1.82, 2.24) is 0 Å². The lowest BCUT2D eigenvalue weighted by atomic mass is 9.91. The molecule has 0 aliphatic heterocycles. The summed E-state index contributed by atoms with van der Waals surface area (Å²) in [4.78, 5) is 10.4. The van der Waals surface area contributed by atoms with Crippen molar-refractivity contribution in [3.8, 4) is 0 Å². The number of allylic oxidation sites excluding steroid dienone is 2. The van der Waals surface area contributed by atoms with E-state index in [9.17, 15) is 4.79 Å². The minimum atomic E-state index is 0.439. The van der Waals surface area contributed by atoms with E-state index in [4.69, 9.17) is 0 Å². The van der Waals surface area contributed by atoms with Gasteiger partial charge in [0.2, 0.25) is 0 Å². The molecule has 0 aromatic heterocycles. The average Bonchev–Trinajstić information content (AvgIpc) is 2.53. The first kappa shape index (κ1) is 24.4. The van der Waals surface area contributed by atoms with Gasteiger partial charge in [-0.2, -0.15) is 0 Å². The molecule has 1 radical (unpaired) electrons. The molecule has 3 atom stereocenters. The second-order valence-electron chi connectivity index (χ2n) is 9.10. The molecule has 0 aliphatic carbocycles. The van der Waals surface area contributed by atoms with Crippen LogP contribution in [-0.2, 0) is 4.79 Å². The molecule has 3 unspecified atom stereocenters. The van der Waals surface area contributed by atoms with Crippen molar-refractivity contribution in [2.45, 2.75) is 112 Å². The van der Waals surface area contributed by atoms with Crippen molar-refractivity contribution < 1.29 is 4.79 Å². The summed E-state index contributed by atoms with van der Waals surface area (Å²) in [6.45, 7) is 13.9. The van der Waals surface area contributed by atoms with Gasteiger partial charge in [0, 0.05) is 6.42 Å². The smallest absolute Gasteiger partial charge is 0.198 e. The van der Waals surface area contributed by atoms with Crippen LogP contribution in [0.2, 0.25) is 0 Å². The van der Waals surface area contributed by atoms with E-state index < -0.39 is 0 Å². The molecule has 0 aromatic rings. The third-order valence-electron chi connectivity index (χ3n) is 5.44. The lowest BCUT2D eigenvalue weighted by Crippen LogP contribution is -2.00. The highest BCUT2D eigenvalue weighted by molar-refractivity contribution is 5.50. The zero-order valence-electron chi connectivity index (χ0n) is 18.1. The first-order valence-electron chi connectivity index (χ1n) is 10.9. The van der Waals surface area contributed by atoms with Crippen molar-refractivity contribution >= 4 is 6.29 Å². The minimum Gasteiger partial charge on any atom is -0.291 e. The minimum absolute atomic E-state index is 0.439. The first-order valence-corrected chi connectivity index (χ1v) is 10.9. The molecule has 0 heterocycles. The zero-order chi connectivity index (χ0) is 19.1. The molecule has 0 amide bonds. The molecule has 0 aliphatic rings. The maximum absolute atomic E-state index is 10.4. The normalized spacial score (nSPS) is 16.0. The molecule has 0 fully saturated rings. The molecule has 0 spiro atoms. The van der Waals surface area contributed by atoms with Crippen LogP contribution in [0, 0.1) is 23.7 Å². The van der Waals surface area contributed by atoms with Gasteiger partial charge < -0.3 is 0 Å². The Kier molecular flexibility index (Phi) is 15.3. The van der Waals surface area contributed by atoms with Crippen LogP contribution >= 0.6 is 0 Å². The van der Waals surface area contributed by atoms with Gasteiger partial charge in [-0.05, 0) is 49.9 Å². The second kappa shape index (κ2) is 15.6. The quantitative estimate of drug-likeness (QED) is 0.259. The van der Waals surface area contributed by atoms with Crippen molar-refractivity contribution in [1.29, 1.82) is 0 Å². The lowest BCUT2D eigenvalue weighted by Gasteiger charge is -2.15. The van der Waals surface area contributed by atoms with Crippen LogP contribution in [0.1, 0.15) is 112 Å². The fraction of sp³-hybridized carbons (Fsp3) is 0.875. The van der Waals surface area contributed by atoms with E-state index in [1.54, 1.807) is 0 Å². The predicted molar refractivity (Wildman–Crippen MR) is 113 cm³/mol. The Balaban J connectivity index is 3.67. The van der Waals surface area contributed by atoms with Crippen molar-refractivity contribution in [3.05, 3.63) is 11.6 Å². The topological polar surface area (TPSA) is 17.1 Å². The molecule has 25 heavy (non-hydrogen) atoms. The summed E-state index contributed by atoms with van der Waals surface area (Å²) < 4.78 is 0. The van der Waals surface area contributed by atoms with Gasteiger partial charge in [-0.15, -0.1) is 0 Å². The molecule has 1 nitrogen and oxygen atoms in total. The molecule has 0 saturated carbocycles. The molecular weight excluding hydrogens is 304 g/mol.